The molecule has 0 saturated carbocycles. The van der Waals surface area contributed by atoms with E-state index in [1.54, 1.807) is 19.2 Å². The molecule has 0 saturated heterocycles. The maximum atomic E-state index is 12.2. The summed E-state index contributed by atoms with van der Waals surface area (Å²) in [6.07, 6.45) is 1.55. The molecule has 2 aromatic carbocycles. The summed E-state index contributed by atoms with van der Waals surface area (Å²) >= 11 is 4.83. The molecule has 3 rings (SSSR count). The SMILES string of the molecule is COc1cc(Br)c(CC(=O)N/N=C/c2sc3ccccc3c2O)cc1OC. The molecule has 140 valence electrons. The molecule has 0 atom stereocenters. The Morgan fingerprint density at radius 1 is 1.26 bits per heavy atom. The summed E-state index contributed by atoms with van der Waals surface area (Å²) < 4.78 is 12.2. The molecule has 8 heteroatoms. The van der Waals surface area contributed by atoms with E-state index in [2.05, 4.69) is 26.5 Å². The zero-order valence-electron chi connectivity index (χ0n) is 14.7. The van der Waals surface area contributed by atoms with Gasteiger partial charge in [0.15, 0.2) is 11.5 Å². The fourth-order valence-corrected chi connectivity index (χ4v) is 3.98. The van der Waals surface area contributed by atoms with Gasteiger partial charge in [0.1, 0.15) is 5.75 Å². The molecule has 0 aliphatic carbocycles. The molecule has 3 aromatic rings. The largest absolute Gasteiger partial charge is 0.506 e. The van der Waals surface area contributed by atoms with Gasteiger partial charge in [-0.1, -0.05) is 28.1 Å². The second-order valence-corrected chi connectivity index (χ2v) is 7.52. The second kappa shape index (κ2) is 8.41. The highest BCUT2D eigenvalue weighted by Gasteiger charge is 2.13. The van der Waals surface area contributed by atoms with Crippen LogP contribution in [-0.4, -0.2) is 31.4 Å². The van der Waals surface area contributed by atoms with Crippen LogP contribution in [0.3, 0.4) is 0 Å². The first-order chi connectivity index (χ1) is 13.0. The van der Waals surface area contributed by atoms with Crippen molar-refractivity contribution in [3.8, 4) is 17.2 Å². The molecule has 27 heavy (non-hydrogen) atoms. The van der Waals surface area contributed by atoms with Gasteiger partial charge in [0.2, 0.25) is 5.91 Å². The van der Waals surface area contributed by atoms with Crippen LogP contribution >= 0.6 is 27.3 Å². The minimum absolute atomic E-state index is 0.108. The summed E-state index contributed by atoms with van der Waals surface area (Å²) in [5.74, 6) is 0.991. The molecular weight excluding hydrogens is 432 g/mol. The number of methoxy groups -OCH3 is 2. The number of carbonyl (C=O) groups excluding carboxylic acids is 1. The van der Waals surface area contributed by atoms with E-state index in [0.29, 0.717) is 16.4 Å². The van der Waals surface area contributed by atoms with Crippen LogP contribution in [0.4, 0.5) is 0 Å². The van der Waals surface area contributed by atoms with Crippen LogP contribution < -0.4 is 14.9 Å². The fraction of sp³-hybridized carbons (Fsp3) is 0.158. The van der Waals surface area contributed by atoms with Gasteiger partial charge in [-0.15, -0.1) is 11.3 Å². The van der Waals surface area contributed by atoms with E-state index >= 15 is 0 Å². The highest BCUT2D eigenvalue weighted by Crippen LogP contribution is 2.35. The molecular formula is C19H17BrN2O4S. The molecule has 0 spiro atoms. The Kier molecular flexibility index (Phi) is 5.98. The van der Waals surface area contributed by atoms with Crippen molar-refractivity contribution < 1.29 is 19.4 Å². The number of hydrogen-bond donors (Lipinski definition) is 2. The Hall–Kier alpha value is -2.58. The van der Waals surface area contributed by atoms with Crippen LogP contribution in [0.25, 0.3) is 10.1 Å². The van der Waals surface area contributed by atoms with Crippen molar-refractivity contribution in [2.75, 3.05) is 14.2 Å². The molecule has 0 aliphatic heterocycles. The van der Waals surface area contributed by atoms with Gasteiger partial charge in [-0.25, -0.2) is 5.43 Å². The van der Waals surface area contributed by atoms with Crippen molar-refractivity contribution >= 4 is 49.5 Å². The third-order valence-corrected chi connectivity index (χ3v) is 5.70. The second-order valence-electron chi connectivity index (χ2n) is 5.58. The molecule has 1 amide bonds. The minimum atomic E-state index is -0.292. The van der Waals surface area contributed by atoms with Gasteiger partial charge in [0.25, 0.3) is 0 Å². The zero-order valence-corrected chi connectivity index (χ0v) is 17.1. The number of nitrogens with zero attached hydrogens (tertiary/aromatic N) is 1. The highest BCUT2D eigenvalue weighted by molar-refractivity contribution is 9.10. The van der Waals surface area contributed by atoms with Crippen molar-refractivity contribution in [3.05, 3.63) is 51.3 Å². The summed E-state index contributed by atoms with van der Waals surface area (Å²) in [7, 11) is 3.09. The Labute approximate surface area is 168 Å². The third kappa shape index (κ3) is 4.23. The zero-order chi connectivity index (χ0) is 19.4. The van der Waals surface area contributed by atoms with Crippen molar-refractivity contribution in [1.82, 2.24) is 5.43 Å². The molecule has 6 nitrogen and oxygen atoms in total. The maximum Gasteiger partial charge on any atom is 0.244 e. The minimum Gasteiger partial charge on any atom is -0.506 e. The average Bonchev–Trinajstić information content (AvgIpc) is 2.99. The number of hydrazone groups is 1. The summed E-state index contributed by atoms with van der Waals surface area (Å²) in [6.45, 7) is 0. The normalized spacial score (nSPS) is 11.1. The number of nitrogens with one attached hydrogen (secondary N) is 1. The number of thiophene rings is 1. The van der Waals surface area contributed by atoms with Crippen LogP contribution in [0.15, 0.2) is 46.0 Å². The van der Waals surface area contributed by atoms with Gasteiger partial charge < -0.3 is 14.6 Å². The standard InChI is InChI=1S/C19H17BrN2O4S/c1-25-14-7-11(13(20)9-15(14)26-2)8-18(23)22-21-10-17-19(24)12-5-3-4-6-16(12)27-17/h3-7,9-10,24H,8H2,1-2H3,(H,22,23)/b21-10+. The van der Waals surface area contributed by atoms with Crippen LogP contribution in [0, 0.1) is 0 Å². The fourth-order valence-electron chi connectivity index (χ4n) is 2.55. The highest BCUT2D eigenvalue weighted by atomic mass is 79.9. The first kappa shape index (κ1) is 19.2. The molecule has 0 fully saturated rings. The number of aromatic hydroxyl groups is 1. The van der Waals surface area contributed by atoms with Gasteiger partial charge in [-0.2, -0.15) is 5.10 Å². The van der Waals surface area contributed by atoms with Gasteiger partial charge in [-0.05, 0) is 29.8 Å². The third-order valence-electron chi connectivity index (χ3n) is 3.87. The lowest BCUT2D eigenvalue weighted by Gasteiger charge is -2.11. The predicted molar refractivity (Wildman–Crippen MR) is 110 cm³/mol. The molecule has 0 aliphatic rings. The van der Waals surface area contributed by atoms with Crippen molar-refractivity contribution in [2.24, 2.45) is 5.10 Å². The number of benzene rings is 2. The van der Waals surface area contributed by atoms with Crippen LogP contribution in [0.2, 0.25) is 0 Å². The van der Waals surface area contributed by atoms with E-state index in [-0.39, 0.29) is 18.1 Å². The number of carbonyl (C=O) groups is 1. The topological polar surface area (TPSA) is 80.2 Å². The van der Waals surface area contributed by atoms with E-state index in [0.717, 1.165) is 20.1 Å². The van der Waals surface area contributed by atoms with Gasteiger partial charge >= 0.3 is 0 Å². The number of amides is 1. The first-order valence-electron chi connectivity index (χ1n) is 7.96. The van der Waals surface area contributed by atoms with E-state index in [1.807, 2.05) is 24.3 Å². The smallest absolute Gasteiger partial charge is 0.244 e. The molecule has 0 radical (unpaired) electrons. The van der Waals surface area contributed by atoms with Crippen LogP contribution in [-0.2, 0) is 11.2 Å². The van der Waals surface area contributed by atoms with Crippen molar-refractivity contribution in [3.63, 3.8) is 0 Å². The van der Waals surface area contributed by atoms with E-state index in [9.17, 15) is 9.90 Å². The maximum absolute atomic E-state index is 12.2. The van der Waals surface area contributed by atoms with Gasteiger partial charge in [-0.3, -0.25) is 4.79 Å². The van der Waals surface area contributed by atoms with E-state index in [4.69, 9.17) is 9.47 Å². The Morgan fingerprint density at radius 2 is 1.96 bits per heavy atom. The molecule has 0 unspecified atom stereocenters. The predicted octanol–water partition coefficient (Wildman–Crippen LogP) is 4.08. The van der Waals surface area contributed by atoms with E-state index < -0.39 is 0 Å². The van der Waals surface area contributed by atoms with Gasteiger partial charge in [0, 0.05) is 14.6 Å². The summed E-state index contributed by atoms with van der Waals surface area (Å²) in [5, 5.41) is 14.9. The van der Waals surface area contributed by atoms with E-state index in [1.165, 1.54) is 24.7 Å². The lowest BCUT2D eigenvalue weighted by atomic mass is 10.1. The Balaban J connectivity index is 1.69. The molecule has 1 heterocycles. The summed E-state index contributed by atoms with van der Waals surface area (Å²) in [4.78, 5) is 12.8. The lowest BCUT2D eigenvalue weighted by Crippen LogP contribution is -2.20. The lowest BCUT2D eigenvalue weighted by molar-refractivity contribution is -0.120. The number of rotatable bonds is 6. The molecule has 0 bridgehead atoms. The molecule has 2 N–H and O–H groups in total. The van der Waals surface area contributed by atoms with Crippen LogP contribution in [0.1, 0.15) is 10.4 Å². The Bertz CT molecular complexity index is 1020. The quantitative estimate of drug-likeness (QED) is 0.439. The summed E-state index contributed by atoms with van der Waals surface area (Å²) in [5.41, 5.74) is 3.22. The first-order valence-corrected chi connectivity index (χ1v) is 9.57. The number of hydrogen-bond acceptors (Lipinski definition) is 6. The van der Waals surface area contributed by atoms with Crippen molar-refractivity contribution in [2.45, 2.75) is 6.42 Å². The molecule has 1 aromatic heterocycles. The monoisotopic (exact) mass is 448 g/mol. The number of fused-ring (bicyclic) bond motifs is 1. The number of ether oxygens (including phenoxy) is 2. The van der Waals surface area contributed by atoms with Gasteiger partial charge in [0.05, 0.1) is 31.7 Å². The summed E-state index contributed by atoms with van der Waals surface area (Å²) in [6, 6.07) is 11.0. The Morgan fingerprint density at radius 3 is 2.67 bits per heavy atom. The van der Waals surface area contributed by atoms with Crippen LogP contribution in [0.5, 0.6) is 17.2 Å². The average molecular weight is 449 g/mol. The number of halogens is 1. The van der Waals surface area contributed by atoms with Crippen molar-refractivity contribution in [1.29, 1.82) is 0 Å².